The first kappa shape index (κ1) is 20.7. The van der Waals surface area contributed by atoms with Gasteiger partial charge in [0.15, 0.2) is 0 Å². The minimum Gasteiger partial charge on any atom is -0.275 e. The van der Waals surface area contributed by atoms with Gasteiger partial charge in [0.05, 0.1) is 23.3 Å². The first-order chi connectivity index (χ1) is 14.4. The molecule has 4 aromatic rings. The summed E-state index contributed by atoms with van der Waals surface area (Å²) in [6.07, 6.45) is 3.63. The predicted octanol–water partition coefficient (Wildman–Crippen LogP) is 4.59. The van der Waals surface area contributed by atoms with E-state index in [2.05, 4.69) is 10.1 Å². The Kier molecular flexibility index (Phi) is 6.01. The quantitative estimate of drug-likeness (QED) is 0.406. The molecule has 0 spiro atoms. The summed E-state index contributed by atoms with van der Waals surface area (Å²) >= 11 is 7.51. The van der Waals surface area contributed by atoms with E-state index in [0.29, 0.717) is 10.7 Å². The second-order valence-corrected chi connectivity index (χ2v) is 10.00. The molecule has 154 valence electrons. The van der Waals surface area contributed by atoms with Gasteiger partial charge in [0.1, 0.15) is 5.01 Å². The zero-order valence-electron chi connectivity index (χ0n) is 16.1. The highest BCUT2D eigenvalue weighted by Gasteiger charge is 2.26. The number of aromatic nitrogens is 3. The lowest BCUT2D eigenvalue weighted by atomic mass is 10.2. The smallest absolute Gasteiger partial charge is 0.243 e. The molecule has 0 aliphatic heterocycles. The summed E-state index contributed by atoms with van der Waals surface area (Å²) in [6.45, 7) is 0.385. The van der Waals surface area contributed by atoms with Crippen LogP contribution in [0, 0.1) is 0 Å². The maximum atomic E-state index is 13.4. The van der Waals surface area contributed by atoms with E-state index < -0.39 is 10.0 Å². The lowest BCUT2D eigenvalue weighted by Crippen LogP contribution is -2.30. The van der Waals surface area contributed by atoms with Crippen molar-refractivity contribution < 1.29 is 8.42 Å². The van der Waals surface area contributed by atoms with Crippen LogP contribution in [-0.4, -0.2) is 27.5 Å². The van der Waals surface area contributed by atoms with E-state index in [9.17, 15) is 8.42 Å². The van der Waals surface area contributed by atoms with Gasteiger partial charge in [0.25, 0.3) is 0 Å². The second kappa shape index (κ2) is 8.69. The minimum absolute atomic E-state index is 0.153. The molecule has 0 aliphatic carbocycles. The van der Waals surface area contributed by atoms with E-state index in [1.807, 2.05) is 49.0 Å². The Labute approximate surface area is 184 Å². The van der Waals surface area contributed by atoms with Crippen LogP contribution in [0.2, 0.25) is 5.02 Å². The number of rotatable bonds is 7. The predicted molar refractivity (Wildman–Crippen MR) is 119 cm³/mol. The number of hydrogen-bond donors (Lipinski definition) is 0. The van der Waals surface area contributed by atoms with Gasteiger partial charge < -0.3 is 0 Å². The van der Waals surface area contributed by atoms with Crippen LogP contribution in [0.15, 0.2) is 77.3 Å². The third-order valence-electron chi connectivity index (χ3n) is 4.48. The monoisotopic (exact) mass is 458 g/mol. The third-order valence-corrected chi connectivity index (χ3v) is 7.44. The Morgan fingerprint density at radius 3 is 2.60 bits per heavy atom. The third kappa shape index (κ3) is 4.62. The first-order valence-corrected chi connectivity index (χ1v) is 11.8. The van der Waals surface area contributed by atoms with E-state index in [4.69, 9.17) is 11.6 Å². The summed E-state index contributed by atoms with van der Waals surface area (Å²) in [4.78, 5) is 4.79. The van der Waals surface area contributed by atoms with Crippen LogP contribution in [0.5, 0.6) is 0 Å². The lowest BCUT2D eigenvalue weighted by Gasteiger charge is -2.21. The van der Waals surface area contributed by atoms with Crippen molar-refractivity contribution in [3.05, 3.63) is 88.7 Å². The SMILES string of the molecule is Cn1cc(-c2nc(CN(Cc3ccccc3)S(=O)(=O)c3cccc(Cl)c3)cs2)cn1. The zero-order valence-corrected chi connectivity index (χ0v) is 18.5. The van der Waals surface area contributed by atoms with Crippen molar-refractivity contribution in [3.63, 3.8) is 0 Å². The molecule has 2 aromatic carbocycles. The number of aryl methyl sites for hydroxylation is 1. The molecule has 0 saturated carbocycles. The van der Waals surface area contributed by atoms with Gasteiger partial charge in [-0.05, 0) is 23.8 Å². The summed E-state index contributed by atoms with van der Waals surface area (Å²) in [5.41, 5.74) is 2.48. The number of nitrogens with zero attached hydrogens (tertiary/aromatic N) is 4. The molecule has 0 aliphatic rings. The maximum absolute atomic E-state index is 13.4. The molecule has 0 bridgehead atoms. The Balaban J connectivity index is 1.66. The molecule has 0 amide bonds. The fourth-order valence-electron chi connectivity index (χ4n) is 3.01. The van der Waals surface area contributed by atoms with E-state index in [-0.39, 0.29) is 18.0 Å². The Hall–Kier alpha value is -2.52. The molecule has 2 aromatic heterocycles. The van der Waals surface area contributed by atoms with Crippen LogP contribution < -0.4 is 0 Å². The number of thiazole rings is 1. The highest BCUT2D eigenvalue weighted by Crippen LogP contribution is 2.27. The van der Waals surface area contributed by atoms with E-state index in [0.717, 1.165) is 16.1 Å². The van der Waals surface area contributed by atoms with Gasteiger partial charge in [0.2, 0.25) is 10.0 Å². The van der Waals surface area contributed by atoms with E-state index in [1.54, 1.807) is 29.1 Å². The average Bonchev–Trinajstić information content (AvgIpc) is 3.37. The van der Waals surface area contributed by atoms with Gasteiger partial charge >= 0.3 is 0 Å². The Bertz CT molecular complexity index is 1250. The highest BCUT2D eigenvalue weighted by atomic mass is 35.5. The van der Waals surface area contributed by atoms with Crippen LogP contribution >= 0.6 is 22.9 Å². The molecule has 4 rings (SSSR count). The molecular formula is C21H19ClN4O2S2. The fourth-order valence-corrected chi connectivity index (χ4v) is 5.50. The van der Waals surface area contributed by atoms with Crippen molar-refractivity contribution in [2.75, 3.05) is 0 Å². The fraction of sp³-hybridized carbons (Fsp3) is 0.143. The largest absolute Gasteiger partial charge is 0.275 e. The van der Waals surface area contributed by atoms with E-state index >= 15 is 0 Å². The Morgan fingerprint density at radius 2 is 1.90 bits per heavy atom. The van der Waals surface area contributed by atoms with Gasteiger partial charge in [-0.2, -0.15) is 9.40 Å². The van der Waals surface area contributed by atoms with Crippen molar-refractivity contribution in [1.82, 2.24) is 19.1 Å². The molecule has 9 heteroatoms. The summed E-state index contributed by atoms with van der Waals surface area (Å²) in [7, 11) is -1.93. The molecule has 0 N–H and O–H groups in total. The highest BCUT2D eigenvalue weighted by molar-refractivity contribution is 7.89. The number of benzene rings is 2. The van der Waals surface area contributed by atoms with Crippen LogP contribution in [-0.2, 0) is 30.2 Å². The van der Waals surface area contributed by atoms with E-state index in [1.165, 1.54) is 21.7 Å². The van der Waals surface area contributed by atoms with Crippen molar-refractivity contribution in [3.8, 4) is 10.6 Å². The first-order valence-electron chi connectivity index (χ1n) is 9.15. The summed E-state index contributed by atoms with van der Waals surface area (Å²) in [5, 5.41) is 7.24. The van der Waals surface area contributed by atoms with Gasteiger partial charge in [-0.1, -0.05) is 48.0 Å². The van der Waals surface area contributed by atoms with Crippen molar-refractivity contribution in [2.45, 2.75) is 18.0 Å². The molecule has 0 unspecified atom stereocenters. The number of sulfonamides is 1. The van der Waals surface area contributed by atoms with Gasteiger partial charge in [-0.3, -0.25) is 4.68 Å². The molecule has 6 nitrogen and oxygen atoms in total. The molecular weight excluding hydrogens is 440 g/mol. The molecule has 30 heavy (non-hydrogen) atoms. The molecule has 0 fully saturated rings. The topological polar surface area (TPSA) is 68.1 Å². The molecule has 0 radical (unpaired) electrons. The van der Waals surface area contributed by atoms with Crippen LogP contribution in [0.1, 0.15) is 11.3 Å². The number of halogens is 1. The molecule has 2 heterocycles. The molecule has 0 saturated heterocycles. The maximum Gasteiger partial charge on any atom is 0.243 e. The normalized spacial score (nSPS) is 11.8. The van der Waals surface area contributed by atoms with Crippen LogP contribution in [0.25, 0.3) is 10.6 Å². The summed E-state index contributed by atoms with van der Waals surface area (Å²) < 4.78 is 29.9. The van der Waals surface area contributed by atoms with Crippen LogP contribution in [0.4, 0.5) is 0 Å². The summed E-state index contributed by atoms with van der Waals surface area (Å²) in [6, 6.07) is 15.8. The number of hydrogen-bond acceptors (Lipinski definition) is 5. The Morgan fingerprint density at radius 1 is 1.10 bits per heavy atom. The lowest BCUT2D eigenvalue weighted by molar-refractivity contribution is 0.397. The van der Waals surface area contributed by atoms with Crippen molar-refractivity contribution in [1.29, 1.82) is 0 Å². The van der Waals surface area contributed by atoms with Crippen LogP contribution in [0.3, 0.4) is 0 Å². The van der Waals surface area contributed by atoms with Gasteiger partial charge in [-0.25, -0.2) is 13.4 Å². The molecule has 0 atom stereocenters. The minimum atomic E-state index is -3.77. The van der Waals surface area contributed by atoms with Crippen molar-refractivity contribution >= 4 is 33.0 Å². The van der Waals surface area contributed by atoms with Crippen molar-refractivity contribution in [2.24, 2.45) is 7.05 Å². The second-order valence-electron chi connectivity index (χ2n) is 6.76. The summed E-state index contributed by atoms with van der Waals surface area (Å²) in [5.74, 6) is 0. The average molecular weight is 459 g/mol. The van der Waals surface area contributed by atoms with Gasteiger partial charge in [-0.15, -0.1) is 11.3 Å². The van der Waals surface area contributed by atoms with Gasteiger partial charge in [0, 0.05) is 35.8 Å². The zero-order chi connectivity index (χ0) is 21.1. The standard InChI is InChI=1S/C21H19ClN4O2S2/c1-25-13-17(11-23-25)21-24-19(15-29-21)14-26(12-16-6-3-2-4-7-16)30(27,28)20-9-5-8-18(22)10-20/h2-11,13,15H,12,14H2,1H3.